The number of carbonyl (C=O) groups excluding carboxylic acids is 2. The van der Waals surface area contributed by atoms with Gasteiger partial charge < -0.3 is 10.6 Å². The van der Waals surface area contributed by atoms with Gasteiger partial charge in [0.05, 0.1) is 13.1 Å². The molecule has 2 N–H and O–H groups in total. The minimum atomic E-state index is -0.603. The highest BCUT2D eigenvalue weighted by molar-refractivity contribution is 5.95. The Hall–Kier alpha value is -3.94. The summed E-state index contributed by atoms with van der Waals surface area (Å²) in [5.74, 6) is -0.996. The lowest BCUT2D eigenvalue weighted by molar-refractivity contribution is -0.124. The fraction of sp³-hybridized carbons (Fsp3) is 0.250. The van der Waals surface area contributed by atoms with Crippen LogP contribution >= 0.6 is 0 Å². The first-order chi connectivity index (χ1) is 15.2. The van der Waals surface area contributed by atoms with E-state index in [4.69, 9.17) is 0 Å². The van der Waals surface area contributed by atoms with Crippen molar-refractivity contribution in [3.8, 4) is 0 Å². The molecule has 0 spiro atoms. The number of aryl methyl sites for hydroxylation is 3. The maximum absolute atomic E-state index is 12.7. The van der Waals surface area contributed by atoms with E-state index < -0.39 is 29.6 Å². The normalized spacial score (nSPS) is 10.6. The van der Waals surface area contributed by atoms with Crippen molar-refractivity contribution in [2.24, 2.45) is 0 Å². The molecule has 0 radical (unpaired) electrons. The Labute approximate surface area is 185 Å². The first kappa shape index (κ1) is 22.7. The number of carbonyl (C=O) groups is 2. The zero-order chi connectivity index (χ0) is 23.3. The van der Waals surface area contributed by atoms with Gasteiger partial charge in [-0.05, 0) is 37.5 Å². The topological polar surface area (TPSA) is 102 Å². The molecule has 0 saturated heterocycles. The van der Waals surface area contributed by atoms with E-state index in [0.717, 1.165) is 26.8 Å². The quantitative estimate of drug-likeness (QED) is 0.591. The highest BCUT2D eigenvalue weighted by atomic mass is 16.2. The molecule has 166 valence electrons. The summed E-state index contributed by atoms with van der Waals surface area (Å²) in [6.07, 6.45) is 1.41. The number of hydrogen-bond donors (Lipinski definition) is 2. The molecule has 32 heavy (non-hydrogen) atoms. The van der Waals surface area contributed by atoms with Gasteiger partial charge in [0.1, 0.15) is 6.54 Å². The fourth-order valence-electron chi connectivity index (χ4n) is 3.54. The van der Waals surface area contributed by atoms with Crippen molar-refractivity contribution in [1.29, 1.82) is 0 Å². The molecule has 0 aliphatic heterocycles. The average Bonchev–Trinajstić information content (AvgIpc) is 2.75. The Morgan fingerprint density at radius 2 is 1.56 bits per heavy atom. The number of nitrogens with one attached hydrogen (secondary N) is 2. The molecule has 1 heterocycles. The first-order valence-electron chi connectivity index (χ1n) is 10.2. The molecule has 0 atom stereocenters. The van der Waals surface area contributed by atoms with Crippen molar-refractivity contribution >= 4 is 17.5 Å². The van der Waals surface area contributed by atoms with Crippen molar-refractivity contribution < 1.29 is 9.59 Å². The van der Waals surface area contributed by atoms with Crippen LogP contribution in [0.15, 0.2) is 64.3 Å². The van der Waals surface area contributed by atoms with Crippen LogP contribution in [-0.4, -0.2) is 27.5 Å². The van der Waals surface area contributed by atoms with Gasteiger partial charge in [-0.3, -0.25) is 23.5 Å². The number of anilines is 1. The van der Waals surface area contributed by atoms with Crippen LogP contribution in [0.1, 0.15) is 22.3 Å². The van der Waals surface area contributed by atoms with Crippen molar-refractivity contribution in [2.45, 2.75) is 33.9 Å². The summed E-state index contributed by atoms with van der Waals surface area (Å²) in [6.45, 7) is 5.31. The molecule has 0 fully saturated rings. The smallest absolute Gasteiger partial charge is 0.331 e. The minimum absolute atomic E-state index is 0.272. The van der Waals surface area contributed by atoms with Crippen molar-refractivity contribution in [3.05, 3.63) is 97.8 Å². The van der Waals surface area contributed by atoms with E-state index in [1.165, 1.54) is 16.8 Å². The van der Waals surface area contributed by atoms with Gasteiger partial charge in [0.25, 0.3) is 5.56 Å². The van der Waals surface area contributed by atoms with E-state index in [2.05, 4.69) is 10.6 Å². The van der Waals surface area contributed by atoms with Gasteiger partial charge in [-0.1, -0.05) is 48.0 Å². The van der Waals surface area contributed by atoms with Crippen molar-refractivity contribution in [1.82, 2.24) is 14.5 Å². The van der Waals surface area contributed by atoms with Crippen LogP contribution in [0.2, 0.25) is 0 Å². The van der Waals surface area contributed by atoms with Gasteiger partial charge in [-0.25, -0.2) is 4.79 Å². The predicted octanol–water partition coefficient (Wildman–Crippen LogP) is 1.74. The van der Waals surface area contributed by atoms with Crippen molar-refractivity contribution in [3.63, 3.8) is 0 Å². The van der Waals surface area contributed by atoms with E-state index >= 15 is 0 Å². The number of aromatic nitrogens is 2. The van der Waals surface area contributed by atoms with Crippen LogP contribution in [0.25, 0.3) is 0 Å². The SMILES string of the molecule is Cc1cc(C)c(NC(=O)CNC(=O)Cn2c(=O)ccn(Cc3ccccc3)c2=O)c(C)c1. The molecule has 0 bridgehead atoms. The number of amides is 2. The Morgan fingerprint density at radius 3 is 2.22 bits per heavy atom. The second-order valence-corrected chi connectivity index (χ2v) is 7.73. The maximum atomic E-state index is 12.7. The molecule has 8 heteroatoms. The Balaban J connectivity index is 1.64. The molecular formula is C24H26N4O4. The van der Waals surface area contributed by atoms with Gasteiger partial charge in [0.2, 0.25) is 11.8 Å². The van der Waals surface area contributed by atoms with Crippen LogP contribution < -0.4 is 21.9 Å². The molecule has 8 nitrogen and oxygen atoms in total. The highest BCUT2D eigenvalue weighted by Crippen LogP contribution is 2.21. The number of rotatable bonds is 7. The Morgan fingerprint density at radius 1 is 0.906 bits per heavy atom. The van der Waals surface area contributed by atoms with Gasteiger partial charge in [-0.15, -0.1) is 0 Å². The Kier molecular flexibility index (Phi) is 7.04. The molecule has 0 aliphatic carbocycles. The molecule has 3 aromatic rings. The molecule has 0 unspecified atom stereocenters. The van der Waals surface area contributed by atoms with Gasteiger partial charge in [0.15, 0.2) is 0 Å². The zero-order valence-corrected chi connectivity index (χ0v) is 18.3. The van der Waals surface area contributed by atoms with Crippen LogP contribution in [-0.2, 0) is 22.7 Å². The monoisotopic (exact) mass is 434 g/mol. The standard InChI is InChI=1S/C24H26N4O4/c1-16-11-17(2)23(18(3)12-16)26-20(29)13-25-21(30)15-28-22(31)9-10-27(24(28)32)14-19-7-5-4-6-8-19/h4-12H,13-15H2,1-3H3,(H,25,30)(H,26,29). The lowest BCUT2D eigenvalue weighted by atomic mass is 10.1. The summed E-state index contributed by atoms with van der Waals surface area (Å²) in [6, 6.07) is 14.5. The number of hydrogen-bond acceptors (Lipinski definition) is 4. The van der Waals surface area contributed by atoms with Gasteiger partial charge in [-0.2, -0.15) is 0 Å². The molecule has 3 rings (SSSR count). The summed E-state index contributed by atoms with van der Waals surface area (Å²) < 4.78 is 2.21. The lowest BCUT2D eigenvalue weighted by Gasteiger charge is -2.13. The predicted molar refractivity (Wildman–Crippen MR) is 123 cm³/mol. The number of nitrogens with zero attached hydrogens (tertiary/aromatic N) is 2. The molecule has 2 aromatic carbocycles. The highest BCUT2D eigenvalue weighted by Gasteiger charge is 2.13. The molecule has 0 aliphatic rings. The van der Waals surface area contributed by atoms with E-state index in [-0.39, 0.29) is 13.1 Å². The van der Waals surface area contributed by atoms with Crippen LogP contribution in [0.4, 0.5) is 5.69 Å². The molecule has 1 aromatic heterocycles. The average molecular weight is 434 g/mol. The fourth-order valence-corrected chi connectivity index (χ4v) is 3.54. The largest absolute Gasteiger partial charge is 0.345 e. The van der Waals surface area contributed by atoms with Crippen molar-refractivity contribution in [2.75, 3.05) is 11.9 Å². The number of benzene rings is 2. The minimum Gasteiger partial charge on any atom is -0.345 e. The van der Waals surface area contributed by atoms with Crippen LogP contribution in [0, 0.1) is 20.8 Å². The third kappa shape index (κ3) is 5.60. The van der Waals surface area contributed by atoms with E-state index in [1.807, 2.05) is 63.2 Å². The lowest BCUT2D eigenvalue weighted by Crippen LogP contribution is -2.44. The summed E-state index contributed by atoms with van der Waals surface area (Å²) in [5.41, 5.74) is 3.38. The van der Waals surface area contributed by atoms with Crippen LogP contribution in [0.5, 0.6) is 0 Å². The third-order valence-corrected chi connectivity index (χ3v) is 5.02. The summed E-state index contributed by atoms with van der Waals surface area (Å²) in [5, 5.41) is 5.26. The van der Waals surface area contributed by atoms with E-state index in [1.54, 1.807) is 0 Å². The van der Waals surface area contributed by atoms with Gasteiger partial charge in [0, 0.05) is 18.0 Å². The Bertz CT molecular complexity index is 1240. The molecule has 0 saturated carbocycles. The summed E-state index contributed by atoms with van der Waals surface area (Å²) >= 11 is 0. The zero-order valence-electron chi connectivity index (χ0n) is 18.3. The maximum Gasteiger partial charge on any atom is 0.331 e. The van der Waals surface area contributed by atoms with E-state index in [9.17, 15) is 19.2 Å². The van der Waals surface area contributed by atoms with Crippen LogP contribution in [0.3, 0.4) is 0 Å². The molecule has 2 amide bonds. The summed E-state index contributed by atoms with van der Waals surface area (Å²) in [7, 11) is 0. The third-order valence-electron chi connectivity index (χ3n) is 5.02. The first-order valence-corrected chi connectivity index (χ1v) is 10.2. The molecular weight excluding hydrogens is 408 g/mol. The summed E-state index contributed by atoms with van der Waals surface area (Å²) in [4.78, 5) is 49.4. The second-order valence-electron chi connectivity index (χ2n) is 7.73. The van der Waals surface area contributed by atoms with Gasteiger partial charge >= 0.3 is 5.69 Å². The second kappa shape index (κ2) is 9.91. The van der Waals surface area contributed by atoms with E-state index in [0.29, 0.717) is 5.69 Å².